The predicted molar refractivity (Wildman–Crippen MR) is 66.9 cm³/mol. The van der Waals surface area contributed by atoms with E-state index in [1.165, 1.54) is 17.6 Å². The molecular weight excluding hydrogens is 252 g/mol. The highest BCUT2D eigenvalue weighted by Gasteiger charge is 2.20. The number of aromatic nitrogens is 1. The van der Waals surface area contributed by atoms with Gasteiger partial charge in [0.2, 0.25) is 5.91 Å². The van der Waals surface area contributed by atoms with E-state index in [9.17, 15) is 14.4 Å². The van der Waals surface area contributed by atoms with Gasteiger partial charge in [-0.05, 0) is 19.1 Å². The third-order valence-corrected chi connectivity index (χ3v) is 2.82. The number of fused-ring (bicyclic) bond motifs is 1. The van der Waals surface area contributed by atoms with Crippen molar-refractivity contribution in [2.24, 2.45) is 13.0 Å². The van der Waals surface area contributed by atoms with Gasteiger partial charge in [-0.1, -0.05) is 0 Å². The summed E-state index contributed by atoms with van der Waals surface area (Å²) in [5.41, 5.74) is 1.29. The van der Waals surface area contributed by atoms with E-state index in [-0.39, 0.29) is 0 Å². The summed E-state index contributed by atoms with van der Waals surface area (Å²) in [6.07, 6.45) is 0. The summed E-state index contributed by atoms with van der Waals surface area (Å²) < 4.78 is 6.30. The molecule has 0 aliphatic carbocycles. The van der Waals surface area contributed by atoms with Crippen LogP contribution in [0.2, 0.25) is 0 Å². The summed E-state index contributed by atoms with van der Waals surface area (Å²) in [6.45, 7) is 1.29. The Morgan fingerprint density at radius 1 is 1.42 bits per heavy atom. The molecule has 2 rings (SSSR count). The Bertz CT molecular complexity index is 712. The number of carboxylic acids is 1. The first-order chi connectivity index (χ1) is 8.90. The van der Waals surface area contributed by atoms with Gasteiger partial charge < -0.3 is 14.8 Å². The van der Waals surface area contributed by atoms with E-state index in [1.807, 2.05) is 0 Å². The molecule has 0 saturated heterocycles. The number of anilines is 1. The molecule has 1 heterocycles. The second kappa shape index (κ2) is 4.60. The zero-order valence-electron chi connectivity index (χ0n) is 10.3. The maximum Gasteiger partial charge on any atom is 0.419 e. The van der Waals surface area contributed by atoms with Gasteiger partial charge in [-0.2, -0.15) is 0 Å². The molecule has 1 atom stereocenters. The van der Waals surface area contributed by atoms with Crippen LogP contribution in [0, 0.1) is 5.92 Å². The molecule has 1 aromatic carbocycles. The normalized spacial score (nSPS) is 12.3. The summed E-state index contributed by atoms with van der Waals surface area (Å²) in [4.78, 5) is 33.5. The van der Waals surface area contributed by atoms with Gasteiger partial charge in [-0.15, -0.1) is 0 Å². The number of aryl methyl sites for hydroxylation is 1. The number of benzene rings is 1. The lowest BCUT2D eigenvalue weighted by atomic mass is 10.1. The fourth-order valence-corrected chi connectivity index (χ4v) is 1.57. The Kier molecular flexibility index (Phi) is 3.12. The maximum atomic E-state index is 11.6. The van der Waals surface area contributed by atoms with Crippen LogP contribution in [0.5, 0.6) is 0 Å². The highest BCUT2D eigenvalue weighted by molar-refractivity contribution is 6.04. The minimum Gasteiger partial charge on any atom is -0.481 e. The van der Waals surface area contributed by atoms with E-state index in [2.05, 4.69) is 5.32 Å². The van der Waals surface area contributed by atoms with Crippen molar-refractivity contribution in [2.75, 3.05) is 5.32 Å². The van der Waals surface area contributed by atoms with E-state index in [0.717, 1.165) is 0 Å². The molecule has 2 N–H and O–H groups in total. The number of rotatable bonds is 3. The minimum absolute atomic E-state index is 0.327. The number of oxazole rings is 1. The summed E-state index contributed by atoms with van der Waals surface area (Å²) in [5, 5.41) is 11.2. The molecule has 7 heteroatoms. The Morgan fingerprint density at radius 3 is 2.74 bits per heavy atom. The Balaban J connectivity index is 2.30. The average molecular weight is 264 g/mol. The zero-order chi connectivity index (χ0) is 14.2. The van der Waals surface area contributed by atoms with Gasteiger partial charge in [-0.25, -0.2) is 4.79 Å². The van der Waals surface area contributed by atoms with Crippen molar-refractivity contribution >= 4 is 28.7 Å². The Hall–Kier alpha value is -2.57. The number of nitrogens with one attached hydrogen (secondary N) is 1. The van der Waals surface area contributed by atoms with Crippen molar-refractivity contribution in [3.05, 3.63) is 28.7 Å². The van der Waals surface area contributed by atoms with Crippen molar-refractivity contribution < 1.29 is 19.1 Å². The topological polar surface area (TPSA) is 102 Å². The van der Waals surface area contributed by atoms with Gasteiger partial charge in [0.05, 0.1) is 5.52 Å². The van der Waals surface area contributed by atoms with Crippen LogP contribution in [0.4, 0.5) is 5.69 Å². The van der Waals surface area contributed by atoms with E-state index < -0.39 is 23.6 Å². The number of hydrogen-bond acceptors (Lipinski definition) is 4. The lowest BCUT2D eigenvalue weighted by Crippen LogP contribution is -2.26. The molecule has 2 aromatic rings. The van der Waals surface area contributed by atoms with Gasteiger partial charge in [0.25, 0.3) is 0 Å². The fraction of sp³-hybridized carbons (Fsp3) is 0.250. The third kappa shape index (κ3) is 2.35. The molecule has 0 saturated carbocycles. The first kappa shape index (κ1) is 12.9. The van der Waals surface area contributed by atoms with Crippen LogP contribution >= 0.6 is 0 Å². The molecule has 0 radical (unpaired) electrons. The van der Waals surface area contributed by atoms with Gasteiger partial charge in [-0.3, -0.25) is 14.2 Å². The molecule has 0 aliphatic heterocycles. The first-order valence-electron chi connectivity index (χ1n) is 5.53. The summed E-state index contributed by atoms with van der Waals surface area (Å²) in [5.74, 6) is -3.49. The predicted octanol–water partition coefficient (Wildman–Crippen LogP) is 0.791. The zero-order valence-corrected chi connectivity index (χ0v) is 10.3. The van der Waals surface area contributed by atoms with Crippen molar-refractivity contribution in [3.63, 3.8) is 0 Å². The first-order valence-corrected chi connectivity index (χ1v) is 5.53. The molecular formula is C12H12N2O5. The highest BCUT2D eigenvalue weighted by Crippen LogP contribution is 2.18. The second-order valence-corrected chi connectivity index (χ2v) is 4.16. The van der Waals surface area contributed by atoms with Crippen LogP contribution in [0.1, 0.15) is 6.92 Å². The van der Waals surface area contributed by atoms with Crippen molar-refractivity contribution in [3.8, 4) is 0 Å². The largest absolute Gasteiger partial charge is 0.481 e. The SMILES string of the molecule is CC(C(=O)O)C(=O)Nc1ccc2c(c1)oc(=O)n2C. The molecule has 19 heavy (non-hydrogen) atoms. The van der Waals surface area contributed by atoms with E-state index in [0.29, 0.717) is 16.8 Å². The minimum atomic E-state index is -1.20. The monoisotopic (exact) mass is 264 g/mol. The molecule has 0 fully saturated rings. The number of nitrogens with zero attached hydrogens (tertiary/aromatic N) is 1. The molecule has 7 nitrogen and oxygen atoms in total. The van der Waals surface area contributed by atoms with E-state index in [4.69, 9.17) is 9.52 Å². The van der Waals surface area contributed by atoms with Crippen molar-refractivity contribution in [2.45, 2.75) is 6.92 Å². The number of carbonyl (C=O) groups excluding carboxylic acids is 1. The third-order valence-electron chi connectivity index (χ3n) is 2.82. The lowest BCUT2D eigenvalue weighted by molar-refractivity contribution is -0.144. The van der Waals surface area contributed by atoms with Gasteiger partial charge >= 0.3 is 11.7 Å². The second-order valence-electron chi connectivity index (χ2n) is 4.16. The molecule has 100 valence electrons. The molecule has 0 spiro atoms. The van der Waals surface area contributed by atoms with Gasteiger partial charge in [0.15, 0.2) is 5.58 Å². The molecule has 1 unspecified atom stereocenters. The number of aliphatic carboxylic acids is 1. The summed E-state index contributed by atoms with van der Waals surface area (Å²) in [7, 11) is 1.57. The lowest BCUT2D eigenvalue weighted by Gasteiger charge is -2.07. The summed E-state index contributed by atoms with van der Waals surface area (Å²) in [6, 6.07) is 4.66. The highest BCUT2D eigenvalue weighted by atomic mass is 16.4. The fourth-order valence-electron chi connectivity index (χ4n) is 1.57. The van der Waals surface area contributed by atoms with Crippen molar-refractivity contribution in [1.29, 1.82) is 0 Å². The van der Waals surface area contributed by atoms with Crippen LogP contribution in [0.3, 0.4) is 0 Å². The standard InChI is InChI=1S/C12H12N2O5/c1-6(11(16)17)10(15)13-7-3-4-8-9(5-7)19-12(18)14(8)2/h3-6H,1-2H3,(H,13,15)(H,16,17). The number of amides is 1. The van der Waals surface area contributed by atoms with Crippen LogP contribution in [0.15, 0.2) is 27.4 Å². The molecule has 0 aliphatic rings. The summed E-state index contributed by atoms with van der Waals surface area (Å²) >= 11 is 0. The van der Waals surface area contributed by atoms with Crippen LogP contribution in [-0.4, -0.2) is 21.6 Å². The molecule has 1 aromatic heterocycles. The van der Waals surface area contributed by atoms with Gasteiger partial charge in [0.1, 0.15) is 5.92 Å². The smallest absolute Gasteiger partial charge is 0.419 e. The number of carbonyl (C=O) groups is 2. The Morgan fingerprint density at radius 2 is 2.11 bits per heavy atom. The van der Waals surface area contributed by atoms with Crippen LogP contribution in [-0.2, 0) is 16.6 Å². The number of hydrogen-bond donors (Lipinski definition) is 2. The quantitative estimate of drug-likeness (QED) is 0.798. The van der Waals surface area contributed by atoms with Crippen LogP contribution < -0.4 is 11.1 Å². The van der Waals surface area contributed by atoms with Crippen LogP contribution in [0.25, 0.3) is 11.1 Å². The van der Waals surface area contributed by atoms with Gasteiger partial charge in [0, 0.05) is 18.8 Å². The number of carboxylic acid groups (broad SMARTS) is 1. The molecule has 0 bridgehead atoms. The molecule has 1 amide bonds. The maximum absolute atomic E-state index is 11.6. The van der Waals surface area contributed by atoms with Crippen molar-refractivity contribution in [1.82, 2.24) is 4.57 Å². The Labute approximate surface area is 107 Å². The van der Waals surface area contributed by atoms with E-state index in [1.54, 1.807) is 19.2 Å². The van der Waals surface area contributed by atoms with E-state index >= 15 is 0 Å². The average Bonchev–Trinajstić information content (AvgIpc) is 2.63.